The molecule has 0 fully saturated rings. The van der Waals surface area contributed by atoms with Crippen molar-refractivity contribution < 1.29 is 208 Å². The van der Waals surface area contributed by atoms with Crippen molar-refractivity contribution in [3.05, 3.63) is 72.8 Å². The van der Waals surface area contributed by atoms with Crippen molar-refractivity contribution in [2.75, 3.05) is 50.4 Å². The third-order valence-electron chi connectivity index (χ3n) is 8.59. The summed E-state index contributed by atoms with van der Waals surface area (Å²) in [7, 11) is -16.2. The van der Waals surface area contributed by atoms with Crippen molar-refractivity contribution in [2.45, 2.75) is 19.6 Å². The number of rotatable bonds is 24. The summed E-state index contributed by atoms with van der Waals surface area (Å²) in [6.45, 7) is -1.44. The number of nitrogens with two attached hydrogens (primary N) is 2. The Labute approximate surface area is 507 Å². The second-order valence-corrected chi connectivity index (χ2v) is 20.6. The number of azo groups is 3. The molecule has 28 nitrogen and oxygen atoms in total. The van der Waals surface area contributed by atoms with E-state index in [0.29, 0.717) is 12.0 Å². The number of anilines is 2. The van der Waals surface area contributed by atoms with Gasteiger partial charge in [0.1, 0.15) is 50.1 Å². The molecule has 38 heteroatoms. The minimum absolute atomic E-state index is 0. The second-order valence-electron chi connectivity index (χ2n) is 12.7. The van der Waals surface area contributed by atoms with E-state index in [1.165, 1.54) is 56.7 Å². The van der Waals surface area contributed by atoms with Gasteiger partial charge in [0, 0.05) is 10.3 Å². The van der Waals surface area contributed by atoms with Crippen molar-refractivity contribution >= 4 is 121 Å². The van der Waals surface area contributed by atoms with Crippen molar-refractivity contribution in [1.29, 1.82) is 0 Å². The van der Waals surface area contributed by atoms with E-state index in [-0.39, 0.29) is 202 Å². The Hall–Kier alpha value is -1.54. The van der Waals surface area contributed by atoms with Gasteiger partial charge < -0.3 is 40.6 Å². The Kier molecular flexibility index (Phi) is 29.5. The van der Waals surface area contributed by atoms with Gasteiger partial charge in [0.05, 0.1) is 82.7 Å². The van der Waals surface area contributed by atoms with Crippen LogP contribution in [0.5, 0.6) is 11.5 Å². The third kappa shape index (κ3) is 19.2. The molecule has 72 heavy (non-hydrogen) atoms. The van der Waals surface area contributed by atoms with Crippen molar-refractivity contribution in [3.8, 4) is 11.5 Å². The van der Waals surface area contributed by atoms with Crippen LogP contribution in [0.15, 0.2) is 123 Å². The fraction of sp³-hybridized carbons (Fsp3) is 0.176. The molecular formula is C34H30N8Na4O20S6. The molecule has 0 spiro atoms. The van der Waals surface area contributed by atoms with Crippen LogP contribution in [0.2, 0.25) is 0 Å². The summed E-state index contributed by atoms with van der Waals surface area (Å²) in [6, 6.07) is 14.2. The van der Waals surface area contributed by atoms with Gasteiger partial charge in [-0.15, -0.1) is 29.9 Å². The smallest absolute Gasteiger partial charge is 0.744 e. The molecule has 0 atom stereocenters. The van der Waals surface area contributed by atoms with E-state index in [2.05, 4.69) is 53.6 Å². The Balaban J connectivity index is 0.00000648. The topological polar surface area (TPSA) is 429 Å². The molecule has 0 unspecified atom stereocenters. The van der Waals surface area contributed by atoms with Crippen molar-refractivity contribution in [2.24, 2.45) is 30.7 Å². The van der Waals surface area contributed by atoms with Crippen LogP contribution in [0.1, 0.15) is 0 Å². The van der Waals surface area contributed by atoms with Crippen LogP contribution in [0.25, 0.3) is 10.8 Å². The summed E-state index contributed by atoms with van der Waals surface area (Å²) in [4.78, 5) is -1.32. The number of ether oxygens (including phenoxy) is 2. The van der Waals surface area contributed by atoms with Gasteiger partial charge in [-0.2, -0.15) is 9.45 Å². The van der Waals surface area contributed by atoms with E-state index in [4.69, 9.17) is 25.1 Å². The van der Waals surface area contributed by atoms with Gasteiger partial charge in [-0.05, 0) is 66.0 Å². The molecule has 0 aliphatic rings. The monoisotopic (exact) mass is 1150 g/mol. The molecular weight excluding hydrogens is 1120 g/mol. The minimum Gasteiger partial charge on any atom is -0.744 e. The zero-order chi connectivity index (χ0) is 49.9. The summed E-state index contributed by atoms with van der Waals surface area (Å²) >= 11 is 0.459. The van der Waals surface area contributed by atoms with E-state index >= 15 is 0 Å². The van der Waals surface area contributed by atoms with Crippen LogP contribution >= 0.6 is 24.4 Å². The fourth-order valence-electron chi connectivity index (χ4n) is 5.55. The first-order valence-electron chi connectivity index (χ1n) is 17.9. The number of fused-ring (bicyclic) bond motifs is 1. The average Bonchev–Trinajstić information content (AvgIpc) is 3.28. The second kappa shape index (κ2) is 31.0. The van der Waals surface area contributed by atoms with Gasteiger partial charge in [-0.3, -0.25) is 18.4 Å². The van der Waals surface area contributed by atoms with Crippen LogP contribution in [0.3, 0.4) is 0 Å². The number of nitrogens with zero attached hydrogens (tertiary/aromatic N) is 6. The summed E-state index contributed by atoms with van der Waals surface area (Å²) in [6.07, 6.45) is 0. The number of sulfone groups is 2. The Morgan fingerprint density at radius 1 is 0.583 bits per heavy atom. The quantitative estimate of drug-likeness (QED) is 0.00667. The molecule has 0 radical (unpaired) electrons. The van der Waals surface area contributed by atoms with E-state index in [1.54, 1.807) is 0 Å². The zero-order valence-corrected chi connectivity index (χ0v) is 51.1. The maximum atomic E-state index is 13.1. The first-order chi connectivity index (χ1) is 32.1. The summed E-state index contributed by atoms with van der Waals surface area (Å²) in [5.41, 5.74) is 10.7. The Bertz CT molecular complexity index is 3240. The average molecular weight is 1160 g/mol. The first kappa shape index (κ1) is 68.5. The predicted molar refractivity (Wildman–Crippen MR) is 229 cm³/mol. The molecule has 366 valence electrons. The molecule has 0 bridgehead atoms. The summed E-state index contributed by atoms with van der Waals surface area (Å²) < 4.78 is 149. The maximum Gasteiger partial charge on any atom is 1.00 e. The molecule has 0 aliphatic heterocycles. The van der Waals surface area contributed by atoms with Crippen molar-refractivity contribution in [1.82, 2.24) is 0 Å². The van der Waals surface area contributed by atoms with E-state index in [1.807, 2.05) is 0 Å². The molecule has 0 heterocycles. The molecule has 0 amide bonds. The number of hydrogen-bond donors (Lipinski definition) is 2. The van der Waals surface area contributed by atoms with Gasteiger partial charge in [-0.25, -0.2) is 33.7 Å². The molecule has 4 N–H and O–H groups in total. The molecule has 0 saturated carbocycles. The minimum atomic E-state index is -5.21. The number of methoxy groups -OCH3 is 2. The van der Waals surface area contributed by atoms with E-state index in [9.17, 15) is 53.3 Å². The standard InChI is InChI=1S/C34H34N8O20S6.4Na/c1-55-28-8-6-20(65(45,46)12-10-57-64-62-60-44)16-24(28)38-41-27-18-26(40-37-19-14-23-22(30(15-19)63-61-59-43)4-3-5-31(23)67(49,50)51)32(35)34(33(27)36)42-39-25-17-21(7-9-29(25)56-2)66(47,48)13-11-58-68(52,53)54;;;;/h3-9,14-18,43-44H,10-13,35-36H2,1-2H3,(H,49,50,51)(H,52,53,54);;;;/q;4*+1/p-4. The summed E-state index contributed by atoms with van der Waals surface area (Å²) in [5.74, 6) is -1.56. The van der Waals surface area contributed by atoms with Gasteiger partial charge in [0.25, 0.3) is 0 Å². The van der Waals surface area contributed by atoms with Crippen LogP contribution in [0.4, 0.5) is 45.5 Å². The van der Waals surface area contributed by atoms with E-state index < -0.39 is 80.4 Å². The van der Waals surface area contributed by atoms with E-state index in [0.717, 1.165) is 30.3 Å². The SMILES string of the molecule is COc1ccc(S(=O)(=O)CCOSOO[O-])cc1N=Nc1cc(N=Nc2cc(SOO[O-])c3cccc(S(=O)(=O)[O-])c3c2)c(N)c(N=Nc2cc(S(=O)(=O)CCOS(=O)(=O)[O-])ccc2OC)c1N.[Na+].[Na+].[Na+].[Na+]. The molecule has 0 aromatic heterocycles. The van der Waals surface area contributed by atoms with Crippen LogP contribution in [-0.4, -0.2) is 81.7 Å². The normalized spacial score (nSPS) is 12.1. The Morgan fingerprint density at radius 2 is 1.10 bits per heavy atom. The van der Waals surface area contributed by atoms with Gasteiger partial charge in [0.2, 0.25) is 10.4 Å². The van der Waals surface area contributed by atoms with Crippen LogP contribution in [0, 0.1) is 0 Å². The molecule has 0 aliphatic carbocycles. The number of benzene rings is 5. The molecule has 5 rings (SSSR count). The maximum absolute atomic E-state index is 13.1. The van der Waals surface area contributed by atoms with Crippen molar-refractivity contribution in [3.63, 3.8) is 0 Å². The summed E-state index contributed by atoms with van der Waals surface area (Å²) in [5, 5.41) is 52.0. The van der Waals surface area contributed by atoms with Gasteiger partial charge >= 0.3 is 118 Å². The largest absolute Gasteiger partial charge is 1.00 e. The molecule has 5 aromatic rings. The number of nitrogen functional groups attached to an aromatic ring is 2. The molecule has 0 saturated heterocycles. The Morgan fingerprint density at radius 3 is 1.61 bits per heavy atom. The van der Waals surface area contributed by atoms with Gasteiger partial charge in [0.15, 0.2) is 32.0 Å². The van der Waals surface area contributed by atoms with Gasteiger partial charge in [-0.1, -0.05) is 12.1 Å². The first-order valence-corrected chi connectivity index (χ1v) is 25.4. The third-order valence-corrected chi connectivity index (χ3v) is 14.3. The fourth-order valence-corrected chi connectivity index (χ4v) is 9.69. The predicted octanol–water partition coefficient (Wildman–Crippen LogP) is -7.75. The van der Waals surface area contributed by atoms with Crippen LogP contribution in [-0.2, 0) is 67.3 Å². The molecule has 5 aromatic carbocycles. The zero-order valence-electron chi connectivity index (χ0n) is 38.2. The van der Waals surface area contributed by atoms with Crippen LogP contribution < -0.4 is 150 Å². The number of hydrogen-bond acceptors (Lipinski definition) is 30.